The number of aliphatic imine (C=N–C) groups is 1. The largest absolute Gasteiger partial charge is 0.495 e. The first-order valence-electron chi connectivity index (χ1n) is 4.82. The van der Waals surface area contributed by atoms with Crippen LogP contribution in [0.4, 0.5) is 18.9 Å². The van der Waals surface area contributed by atoms with Gasteiger partial charge in [0.2, 0.25) is 6.08 Å². The Balaban J connectivity index is 2.87. The number of rotatable bonds is 2. The quantitative estimate of drug-likeness (QED) is 0.662. The fraction of sp³-hybridized carbons (Fsp3) is 0.182. The highest BCUT2D eigenvalue weighted by Crippen LogP contribution is 2.42. The number of alkyl halides is 3. The van der Waals surface area contributed by atoms with Gasteiger partial charge in [-0.3, -0.25) is 0 Å². The molecule has 0 saturated heterocycles. The second-order valence-electron chi connectivity index (χ2n) is 3.43. The number of halogens is 3. The Bertz CT molecular complexity index is 640. The molecule has 1 aromatic heterocycles. The van der Waals surface area contributed by atoms with Gasteiger partial charge in [-0.15, -0.1) is 0 Å². The molecule has 1 N–H and O–H groups in total. The summed E-state index contributed by atoms with van der Waals surface area (Å²) >= 11 is 0. The van der Waals surface area contributed by atoms with Crippen LogP contribution in [-0.4, -0.2) is 18.2 Å². The second kappa shape index (κ2) is 4.19. The zero-order valence-electron chi connectivity index (χ0n) is 9.13. The van der Waals surface area contributed by atoms with Crippen molar-refractivity contribution >= 4 is 22.7 Å². The highest BCUT2D eigenvalue weighted by atomic mass is 19.4. The monoisotopic (exact) mass is 256 g/mol. The molecule has 0 aliphatic heterocycles. The summed E-state index contributed by atoms with van der Waals surface area (Å²) in [5, 5.41) is 0.157. The van der Waals surface area contributed by atoms with Gasteiger partial charge in [-0.1, -0.05) is 12.1 Å². The van der Waals surface area contributed by atoms with E-state index >= 15 is 0 Å². The highest BCUT2D eigenvalue weighted by Gasteiger charge is 2.37. The zero-order valence-corrected chi connectivity index (χ0v) is 9.13. The summed E-state index contributed by atoms with van der Waals surface area (Å²) in [6, 6.07) is 4.44. The van der Waals surface area contributed by atoms with Crippen molar-refractivity contribution in [3.63, 3.8) is 0 Å². The Morgan fingerprint density at radius 1 is 1.39 bits per heavy atom. The molecule has 0 fully saturated rings. The van der Waals surface area contributed by atoms with Crippen LogP contribution in [0.25, 0.3) is 10.9 Å². The number of hydrogen-bond acceptors (Lipinski definition) is 3. The van der Waals surface area contributed by atoms with E-state index in [1.54, 1.807) is 0 Å². The summed E-state index contributed by atoms with van der Waals surface area (Å²) in [7, 11) is 1.34. The molecule has 0 amide bonds. The third kappa shape index (κ3) is 1.84. The average molecular weight is 256 g/mol. The summed E-state index contributed by atoms with van der Waals surface area (Å²) in [4.78, 5) is 15.6. The van der Waals surface area contributed by atoms with Gasteiger partial charge in [-0.05, 0) is 6.07 Å². The molecule has 7 heteroatoms. The summed E-state index contributed by atoms with van der Waals surface area (Å²) in [6.45, 7) is 0. The number of carbonyl (C=O) groups excluding carboxylic acids is 1. The van der Waals surface area contributed by atoms with Crippen LogP contribution in [0.5, 0.6) is 5.75 Å². The number of hydrogen-bond donors (Lipinski definition) is 1. The number of para-hydroxylation sites is 1. The molecule has 0 unspecified atom stereocenters. The van der Waals surface area contributed by atoms with E-state index in [2.05, 4.69) is 9.98 Å². The molecule has 0 saturated carbocycles. The normalized spacial score (nSPS) is 11.3. The van der Waals surface area contributed by atoms with Gasteiger partial charge in [-0.25, -0.2) is 4.79 Å². The van der Waals surface area contributed by atoms with Crippen molar-refractivity contribution in [1.82, 2.24) is 4.98 Å². The molecule has 0 atom stereocenters. The van der Waals surface area contributed by atoms with Gasteiger partial charge in [0.1, 0.15) is 17.1 Å². The Hall–Kier alpha value is -2.27. The van der Waals surface area contributed by atoms with E-state index in [-0.39, 0.29) is 16.7 Å². The lowest BCUT2D eigenvalue weighted by Gasteiger charge is -2.03. The molecule has 1 heterocycles. The molecule has 2 rings (SSSR count). The molecular weight excluding hydrogens is 249 g/mol. The Morgan fingerprint density at radius 2 is 2.11 bits per heavy atom. The minimum atomic E-state index is -4.64. The summed E-state index contributed by atoms with van der Waals surface area (Å²) in [6.07, 6.45) is -3.51. The summed E-state index contributed by atoms with van der Waals surface area (Å²) < 4.78 is 43.3. The van der Waals surface area contributed by atoms with Crippen LogP contribution in [0, 0.1) is 0 Å². The molecule has 0 spiro atoms. The summed E-state index contributed by atoms with van der Waals surface area (Å²) in [5.41, 5.74) is -1.43. The number of fused-ring (bicyclic) bond motifs is 1. The number of isocyanates is 1. The number of H-pyrrole nitrogens is 1. The topological polar surface area (TPSA) is 54.4 Å². The lowest BCUT2D eigenvalue weighted by Crippen LogP contribution is -2.05. The van der Waals surface area contributed by atoms with Gasteiger partial charge in [0.15, 0.2) is 0 Å². The standard InChI is InChI=1S/C11H7F3N2O2/c1-18-7-4-2-3-6-8(7)16-10(11(12,13)14)9(6)15-5-17/h2-4,16H,1H3. The minimum absolute atomic E-state index is 0.140. The molecule has 0 radical (unpaired) electrons. The molecule has 94 valence electrons. The van der Waals surface area contributed by atoms with Gasteiger partial charge < -0.3 is 9.72 Å². The molecule has 0 aliphatic rings. The van der Waals surface area contributed by atoms with Crippen molar-refractivity contribution in [2.75, 3.05) is 7.11 Å². The van der Waals surface area contributed by atoms with Crippen molar-refractivity contribution in [2.45, 2.75) is 6.18 Å². The predicted molar refractivity (Wildman–Crippen MR) is 57.6 cm³/mol. The van der Waals surface area contributed by atoms with Crippen LogP contribution in [0.2, 0.25) is 0 Å². The van der Waals surface area contributed by atoms with Crippen LogP contribution < -0.4 is 4.74 Å². The van der Waals surface area contributed by atoms with Gasteiger partial charge in [0, 0.05) is 5.39 Å². The van der Waals surface area contributed by atoms with Gasteiger partial charge in [-0.2, -0.15) is 18.2 Å². The predicted octanol–water partition coefficient (Wildman–Crippen LogP) is 3.16. The van der Waals surface area contributed by atoms with Crippen molar-refractivity contribution in [1.29, 1.82) is 0 Å². The maximum absolute atomic E-state index is 12.8. The van der Waals surface area contributed by atoms with E-state index in [1.165, 1.54) is 25.3 Å². The van der Waals surface area contributed by atoms with Gasteiger partial charge in [0.05, 0.1) is 12.6 Å². The van der Waals surface area contributed by atoms with E-state index < -0.39 is 17.6 Å². The van der Waals surface area contributed by atoms with Crippen LogP contribution in [0.1, 0.15) is 5.69 Å². The number of nitrogens with zero attached hydrogens (tertiary/aromatic N) is 1. The molecular formula is C11H7F3N2O2. The average Bonchev–Trinajstić information content (AvgIpc) is 2.68. The van der Waals surface area contributed by atoms with Crippen molar-refractivity contribution in [2.24, 2.45) is 4.99 Å². The highest BCUT2D eigenvalue weighted by molar-refractivity contribution is 5.97. The first kappa shape index (κ1) is 12.2. The Kier molecular flexibility index (Phi) is 2.84. The third-order valence-electron chi connectivity index (χ3n) is 2.43. The molecule has 0 aliphatic carbocycles. The van der Waals surface area contributed by atoms with E-state index in [0.717, 1.165) is 6.08 Å². The number of ether oxygens (including phenoxy) is 1. The van der Waals surface area contributed by atoms with Gasteiger partial charge in [0.25, 0.3) is 0 Å². The molecule has 4 nitrogen and oxygen atoms in total. The second-order valence-corrected chi connectivity index (χ2v) is 3.43. The fourth-order valence-electron chi connectivity index (χ4n) is 1.71. The number of aromatic nitrogens is 1. The van der Waals surface area contributed by atoms with E-state index in [1.807, 2.05) is 0 Å². The number of aromatic amines is 1. The fourth-order valence-corrected chi connectivity index (χ4v) is 1.71. The lowest BCUT2D eigenvalue weighted by molar-refractivity contribution is -0.140. The van der Waals surface area contributed by atoms with Crippen molar-refractivity contribution in [3.05, 3.63) is 23.9 Å². The molecule has 1 aromatic carbocycles. The van der Waals surface area contributed by atoms with Crippen LogP contribution in [0.15, 0.2) is 23.2 Å². The van der Waals surface area contributed by atoms with Crippen molar-refractivity contribution < 1.29 is 22.7 Å². The van der Waals surface area contributed by atoms with Gasteiger partial charge >= 0.3 is 6.18 Å². The zero-order chi connectivity index (χ0) is 13.3. The SMILES string of the molecule is COc1cccc2c(N=C=O)c(C(F)(F)F)[nH]c12. The molecule has 2 aromatic rings. The minimum Gasteiger partial charge on any atom is -0.495 e. The maximum atomic E-state index is 12.8. The maximum Gasteiger partial charge on any atom is 0.433 e. The van der Waals surface area contributed by atoms with Crippen LogP contribution in [-0.2, 0) is 11.0 Å². The smallest absolute Gasteiger partial charge is 0.433 e. The van der Waals surface area contributed by atoms with E-state index in [0.29, 0.717) is 0 Å². The Morgan fingerprint density at radius 3 is 2.67 bits per heavy atom. The number of benzene rings is 1. The third-order valence-corrected chi connectivity index (χ3v) is 2.43. The lowest BCUT2D eigenvalue weighted by atomic mass is 10.2. The number of nitrogens with one attached hydrogen (secondary N) is 1. The number of methoxy groups -OCH3 is 1. The first-order chi connectivity index (χ1) is 8.49. The summed E-state index contributed by atoms with van der Waals surface area (Å²) in [5.74, 6) is 0.241. The first-order valence-corrected chi connectivity index (χ1v) is 4.82. The van der Waals surface area contributed by atoms with Crippen LogP contribution in [0.3, 0.4) is 0 Å². The van der Waals surface area contributed by atoms with Crippen LogP contribution >= 0.6 is 0 Å². The van der Waals surface area contributed by atoms with E-state index in [9.17, 15) is 18.0 Å². The van der Waals surface area contributed by atoms with Crippen molar-refractivity contribution in [3.8, 4) is 5.75 Å². The van der Waals surface area contributed by atoms with E-state index in [4.69, 9.17) is 4.74 Å². The Labute approximate surface area is 99.1 Å². The molecule has 0 bridgehead atoms. The molecule has 18 heavy (non-hydrogen) atoms.